The van der Waals surface area contributed by atoms with Crippen LogP contribution in [-0.2, 0) is 16.6 Å². The van der Waals surface area contributed by atoms with Crippen molar-refractivity contribution in [2.75, 3.05) is 0 Å². The van der Waals surface area contributed by atoms with Crippen LogP contribution in [0.4, 0.5) is 0 Å². The summed E-state index contributed by atoms with van der Waals surface area (Å²) >= 11 is 0. The maximum absolute atomic E-state index is 11.9. The largest absolute Gasteiger partial charge is 0.299 e. The zero-order chi connectivity index (χ0) is 14.3. The Balaban J connectivity index is 2.43. The third-order valence-electron chi connectivity index (χ3n) is 3.53. The Labute approximate surface area is 118 Å². The molecule has 1 aromatic carbocycles. The zero-order valence-electron chi connectivity index (χ0n) is 13.0. The van der Waals surface area contributed by atoms with Gasteiger partial charge in [0.05, 0.1) is 0 Å². The minimum absolute atomic E-state index is 0.183. The summed E-state index contributed by atoms with van der Waals surface area (Å²) in [4.78, 5) is 11.9. The highest BCUT2D eigenvalue weighted by molar-refractivity contribution is 5.80. The molecule has 0 unspecified atom stereocenters. The average Bonchev–Trinajstić information content (AvgIpc) is 2.34. The van der Waals surface area contributed by atoms with Gasteiger partial charge in [-0.25, -0.2) is 0 Å². The van der Waals surface area contributed by atoms with Crippen molar-refractivity contribution < 1.29 is 4.79 Å². The number of Topliss-reactive ketones (excluding diaryl/α,β-unsaturated/α-hetero) is 1. The van der Waals surface area contributed by atoms with Gasteiger partial charge in [-0.3, -0.25) is 4.79 Å². The predicted octanol–water partition coefficient (Wildman–Crippen LogP) is 5.07. The molecule has 0 fully saturated rings. The Kier molecular flexibility index (Phi) is 6.27. The number of hydrogen-bond donors (Lipinski definition) is 0. The van der Waals surface area contributed by atoms with Gasteiger partial charge in [0.15, 0.2) is 0 Å². The highest BCUT2D eigenvalue weighted by Crippen LogP contribution is 2.22. The summed E-state index contributed by atoms with van der Waals surface area (Å²) in [5, 5.41) is 0. The topological polar surface area (TPSA) is 17.1 Å². The van der Waals surface area contributed by atoms with E-state index >= 15 is 0 Å². The van der Waals surface area contributed by atoms with E-state index in [9.17, 15) is 4.79 Å². The van der Waals surface area contributed by atoms with Gasteiger partial charge in [-0.2, -0.15) is 0 Å². The summed E-state index contributed by atoms with van der Waals surface area (Å²) < 4.78 is 0. The number of rotatable bonds is 7. The molecule has 1 nitrogen and oxygen atoms in total. The zero-order valence-corrected chi connectivity index (χ0v) is 13.0. The van der Waals surface area contributed by atoms with E-state index in [0.717, 1.165) is 18.4 Å². The first-order valence-electron chi connectivity index (χ1n) is 7.54. The lowest BCUT2D eigenvalue weighted by Gasteiger charge is -2.19. The van der Waals surface area contributed by atoms with Crippen LogP contribution in [0.1, 0.15) is 70.9 Å². The fourth-order valence-corrected chi connectivity index (χ4v) is 2.19. The second kappa shape index (κ2) is 7.47. The molecule has 106 valence electrons. The van der Waals surface area contributed by atoms with Crippen molar-refractivity contribution in [3.05, 3.63) is 35.4 Å². The molecular formula is C18H28O. The van der Waals surface area contributed by atoms with Crippen LogP contribution in [0, 0.1) is 0 Å². The lowest BCUT2D eigenvalue weighted by molar-refractivity contribution is -0.118. The van der Waals surface area contributed by atoms with Crippen LogP contribution in [0.2, 0.25) is 0 Å². The van der Waals surface area contributed by atoms with Crippen LogP contribution in [0.3, 0.4) is 0 Å². The summed E-state index contributed by atoms with van der Waals surface area (Å²) in [6.07, 6.45) is 6.03. The summed E-state index contributed by atoms with van der Waals surface area (Å²) in [5.41, 5.74) is 2.66. The third-order valence-corrected chi connectivity index (χ3v) is 3.53. The molecule has 0 N–H and O–H groups in total. The van der Waals surface area contributed by atoms with Crippen molar-refractivity contribution >= 4 is 5.78 Å². The molecule has 0 saturated heterocycles. The summed E-state index contributed by atoms with van der Waals surface area (Å²) in [6, 6.07) is 8.51. The quantitative estimate of drug-likeness (QED) is 0.626. The van der Waals surface area contributed by atoms with Crippen LogP contribution >= 0.6 is 0 Å². The number of benzene rings is 1. The van der Waals surface area contributed by atoms with Gasteiger partial charge in [-0.1, -0.05) is 71.2 Å². The Morgan fingerprint density at radius 2 is 1.63 bits per heavy atom. The normalized spacial score (nSPS) is 11.6. The molecule has 0 spiro atoms. The fraction of sp³-hybridized carbons (Fsp3) is 0.611. The van der Waals surface area contributed by atoms with E-state index in [-0.39, 0.29) is 5.41 Å². The van der Waals surface area contributed by atoms with Crippen LogP contribution in [0.15, 0.2) is 24.3 Å². The monoisotopic (exact) mass is 260 g/mol. The van der Waals surface area contributed by atoms with Crippen molar-refractivity contribution in [3.8, 4) is 0 Å². The second-order valence-corrected chi connectivity index (χ2v) is 6.47. The predicted molar refractivity (Wildman–Crippen MR) is 82.6 cm³/mol. The molecule has 0 heterocycles. The molecule has 0 radical (unpaired) electrons. The summed E-state index contributed by atoms with van der Waals surface area (Å²) in [5.74, 6) is 0.375. The van der Waals surface area contributed by atoms with E-state index in [4.69, 9.17) is 0 Å². The van der Waals surface area contributed by atoms with Gasteiger partial charge in [0.25, 0.3) is 0 Å². The highest BCUT2D eigenvalue weighted by atomic mass is 16.1. The fourth-order valence-electron chi connectivity index (χ4n) is 2.19. The first-order chi connectivity index (χ1) is 8.93. The van der Waals surface area contributed by atoms with Crippen LogP contribution < -0.4 is 0 Å². The lowest BCUT2D eigenvalue weighted by atomic mass is 9.86. The molecule has 0 aliphatic rings. The second-order valence-electron chi connectivity index (χ2n) is 6.47. The molecule has 0 amide bonds. The van der Waals surface area contributed by atoms with E-state index in [1.165, 1.54) is 24.8 Å². The molecule has 0 aliphatic carbocycles. The maximum atomic E-state index is 11.9. The lowest BCUT2D eigenvalue weighted by Crippen LogP contribution is -2.11. The van der Waals surface area contributed by atoms with Gasteiger partial charge >= 0.3 is 0 Å². The van der Waals surface area contributed by atoms with Crippen molar-refractivity contribution in [3.63, 3.8) is 0 Å². The molecule has 0 saturated carbocycles. The molecule has 1 aromatic rings. The number of unbranched alkanes of at least 4 members (excludes halogenated alkanes) is 3. The molecule has 0 aromatic heterocycles. The molecule has 0 aliphatic heterocycles. The van der Waals surface area contributed by atoms with Gasteiger partial charge in [0, 0.05) is 12.8 Å². The molecule has 0 atom stereocenters. The van der Waals surface area contributed by atoms with Gasteiger partial charge in [0.2, 0.25) is 0 Å². The summed E-state index contributed by atoms with van der Waals surface area (Å²) in [6.45, 7) is 8.82. The van der Waals surface area contributed by atoms with Gasteiger partial charge in [-0.15, -0.1) is 0 Å². The van der Waals surface area contributed by atoms with Crippen molar-refractivity contribution in [1.82, 2.24) is 0 Å². The third kappa shape index (κ3) is 6.04. The first-order valence-corrected chi connectivity index (χ1v) is 7.54. The van der Waals surface area contributed by atoms with Crippen LogP contribution in [-0.4, -0.2) is 5.78 Å². The Morgan fingerprint density at radius 1 is 1.00 bits per heavy atom. The number of hydrogen-bond acceptors (Lipinski definition) is 1. The average molecular weight is 260 g/mol. The standard InChI is InChI=1S/C18H28O/c1-5-6-7-8-9-17(19)14-15-10-12-16(13-11-15)18(2,3)4/h10-13H,5-9,14H2,1-4H3. The molecule has 1 rings (SSSR count). The molecule has 19 heavy (non-hydrogen) atoms. The first kappa shape index (κ1) is 15.9. The van der Waals surface area contributed by atoms with E-state index in [2.05, 4.69) is 52.0 Å². The minimum atomic E-state index is 0.183. The van der Waals surface area contributed by atoms with E-state index in [0.29, 0.717) is 12.2 Å². The van der Waals surface area contributed by atoms with Crippen LogP contribution in [0.5, 0.6) is 0 Å². The van der Waals surface area contributed by atoms with E-state index in [1.54, 1.807) is 0 Å². The smallest absolute Gasteiger partial charge is 0.137 e. The van der Waals surface area contributed by atoms with E-state index in [1.807, 2.05) is 0 Å². The Hall–Kier alpha value is -1.11. The van der Waals surface area contributed by atoms with Gasteiger partial charge < -0.3 is 0 Å². The minimum Gasteiger partial charge on any atom is -0.299 e. The van der Waals surface area contributed by atoms with E-state index < -0.39 is 0 Å². The Bertz CT molecular complexity index is 381. The summed E-state index contributed by atoms with van der Waals surface area (Å²) in [7, 11) is 0. The van der Waals surface area contributed by atoms with Crippen molar-refractivity contribution in [1.29, 1.82) is 0 Å². The SMILES string of the molecule is CCCCCCC(=O)Cc1ccc(C(C)(C)C)cc1. The molecule has 1 heteroatoms. The Morgan fingerprint density at radius 3 is 2.16 bits per heavy atom. The van der Waals surface area contributed by atoms with Crippen molar-refractivity contribution in [2.45, 2.75) is 71.6 Å². The van der Waals surface area contributed by atoms with Crippen LogP contribution in [0.25, 0.3) is 0 Å². The number of ketones is 1. The number of carbonyl (C=O) groups excluding carboxylic acids is 1. The van der Waals surface area contributed by atoms with Gasteiger partial charge in [0.1, 0.15) is 5.78 Å². The maximum Gasteiger partial charge on any atom is 0.137 e. The molecule has 0 bridgehead atoms. The highest BCUT2D eigenvalue weighted by Gasteiger charge is 2.13. The number of carbonyl (C=O) groups is 1. The van der Waals surface area contributed by atoms with Gasteiger partial charge in [-0.05, 0) is 23.0 Å². The van der Waals surface area contributed by atoms with Crippen molar-refractivity contribution in [2.24, 2.45) is 0 Å². The molecular weight excluding hydrogens is 232 g/mol.